The molecule has 0 spiro atoms. The highest BCUT2D eigenvalue weighted by atomic mass is 19.3. The fourth-order valence-corrected chi connectivity index (χ4v) is 1.22. The van der Waals surface area contributed by atoms with Crippen molar-refractivity contribution >= 4 is 6.29 Å². The number of alkyl halides is 2. The number of methoxy groups -OCH3 is 1. The molecule has 1 aromatic rings. The van der Waals surface area contributed by atoms with Crippen molar-refractivity contribution in [3.05, 3.63) is 22.9 Å². The molecule has 0 aliphatic rings. The molecule has 0 unspecified atom stereocenters. The molecular weight excluding hydrogens is 192 g/mol. The molecule has 0 saturated carbocycles. The van der Waals surface area contributed by atoms with Crippen LogP contribution in [-0.4, -0.2) is 18.4 Å². The van der Waals surface area contributed by atoms with Crippen LogP contribution >= 0.6 is 0 Å². The van der Waals surface area contributed by atoms with Crippen LogP contribution in [0.4, 0.5) is 8.78 Å². The quantitative estimate of drug-likeness (QED) is 0.703. The molecule has 1 rings (SSSR count). The van der Waals surface area contributed by atoms with Crippen molar-refractivity contribution in [3.8, 4) is 5.88 Å². The lowest BCUT2D eigenvalue weighted by Crippen LogP contribution is -2.02. The van der Waals surface area contributed by atoms with Crippen LogP contribution in [-0.2, 0) is 0 Å². The monoisotopic (exact) mass is 201 g/mol. The highest BCUT2D eigenvalue weighted by molar-refractivity contribution is 5.78. The van der Waals surface area contributed by atoms with Crippen LogP contribution in [0.1, 0.15) is 27.9 Å². The Hall–Kier alpha value is -1.52. The number of halogens is 2. The van der Waals surface area contributed by atoms with Gasteiger partial charge in [0.05, 0.1) is 7.11 Å². The maximum absolute atomic E-state index is 12.5. The summed E-state index contributed by atoms with van der Waals surface area (Å²) in [6, 6.07) is 0. The Morgan fingerprint density at radius 1 is 1.57 bits per heavy atom. The van der Waals surface area contributed by atoms with Gasteiger partial charge in [-0.05, 0) is 6.92 Å². The minimum Gasteiger partial charge on any atom is -0.481 e. The van der Waals surface area contributed by atoms with Gasteiger partial charge in [-0.1, -0.05) is 0 Å². The van der Waals surface area contributed by atoms with Crippen molar-refractivity contribution < 1.29 is 18.3 Å². The van der Waals surface area contributed by atoms with Crippen LogP contribution in [0.3, 0.4) is 0 Å². The van der Waals surface area contributed by atoms with Crippen LogP contribution in [0.25, 0.3) is 0 Å². The zero-order valence-corrected chi connectivity index (χ0v) is 7.75. The first kappa shape index (κ1) is 10.6. The van der Waals surface area contributed by atoms with E-state index in [0.717, 1.165) is 6.20 Å². The molecule has 0 amide bonds. The molecule has 0 N–H and O–H groups in total. The predicted octanol–water partition coefficient (Wildman–Crippen LogP) is 2.15. The summed E-state index contributed by atoms with van der Waals surface area (Å²) >= 11 is 0. The first-order chi connectivity index (χ1) is 6.61. The maximum atomic E-state index is 12.5. The molecule has 0 bridgehead atoms. The number of carbonyl (C=O) groups is 1. The Kier molecular flexibility index (Phi) is 3.11. The van der Waals surface area contributed by atoms with Gasteiger partial charge in [0.25, 0.3) is 6.43 Å². The Morgan fingerprint density at radius 3 is 2.64 bits per heavy atom. The third-order valence-corrected chi connectivity index (χ3v) is 1.90. The second-order valence-electron chi connectivity index (χ2n) is 2.68. The number of hydrogen-bond donors (Lipinski definition) is 0. The minimum atomic E-state index is -2.70. The standard InChI is InChI=1S/C9H9F2NO2/c1-5-7(8(10)11)6(4-13)3-12-9(5)14-2/h3-4,8H,1-2H3. The average Bonchev–Trinajstić information content (AvgIpc) is 2.16. The maximum Gasteiger partial charge on any atom is 0.265 e. The van der Waals surface area contributed by atoms with Crippen LogP contribution in [0.5, 0.6) is 5.88 Å². The van der Waals surface area contributed by atoms with Crippen LogP contribution in [0, 0.1) is 6.92 Å². The summed E-state index contributed by atoms with van der Waals surface area (Å²) in [5.74, 6) is 0.117. The molecular formula is C9H9F2NO2. The zero-order chi connectivity index (χ0) is 10.7. The molecule has 0 atom stereocenters. The van der Waals surface area contributed by atoms with Gasteiger partial charge in [0.1, 0.15) is 0 Å². The van der Waals surface area contributed by atoms with Crippen molar-refractivity contribution in [2.24, 2.45) is 0 Å². The molecule has 0 fully saturated rings. The number of aromatic nitrogens is 1. The Bertz CT molecular complexity index is 353. The number of rotatable bonds is 3. The van der Waals surface area contributed by atoms with Gasteiger partial charge >= 0.3 is 0 Å². The average molecular weight is 201 g/mol. The van der Waals surface area contributed by atoms with Crippen molar-refractivity contribution in [1.82, 2.24) is 4.98 Å². The summed E-state index contributed by atoms with van der Waals surface area (Å²) in [6.45, 7) is 1.44. The number of carbonyl (C=O) groups excluding carboxylic acids is 1. The lowest BCUT2D eigenvalue weighted by molar-refractivity contribution is 0.110. The van der Waals surface area contributed by atoms with Crippen molar-refractivity contribution in [1.29, 1.82) is 0 Å². The Morgan fingerprint density at radius 2 is 2.21 bits per heavy atom. The normalized spacial score (nSPS) is 10.4. The predicted molar refractivity (Wildman–Crippen MR) is 45.9 cm³/mol. The van der Waals surface area contributed by atoms with Gasteiger partial charge in [0, 0.05) is 22.9 Å². The smallest absolute Gasteiger partial charge is 0.265 e. The molecule has 76 valence electrons. The second kappa shape index (κ2) is 4.13. The van der Waals surface area contributed by atoms with E-state index in [-0.39, 0.29) is 22.6 Å². The van der Waals surface area contributed by atoms with E-state index in [1.54, 1.807) is 0 Å². The molecule has 0 aliphatic heterocycles. The first-order valence-corrected chi connectivity index (χ1v) is 3.88. The number of nitrogens with zero attached hydrogens (tertiary/aromatic N) is 1. The van der Waals surface area contributed by atoms with E-state index < -0.39 is 6.43 Å². The van der Waals surface area contributed by atoms with E-state index in [0.29, 0.717) is 6.29 Å². The van der Waals surface area contributed by atoms with Crippen LogP contribution in [0.2, 0.25) is 0 Å². The van der Waals surface area contributed by atoms with Gasteiger partial charge in [-0.3, -0.25) is 4.79 Å². The summed E-state index contributed by atoms with van der Waals surface area (Å²) < 4.78 is 29.9. The number of pyridine rings is 1. The molecule has 3 nitrogen and oxygen atoms in total. The lowest BCUT2D eigenvalue weighted by Gasteiger charge is -2.10. The Balaban J connectivity index is 3.38. The minimum absolute atomic E-state index is 0.0988. The second-order valence-corrected chi connectivity index (χ2v) is 2.68. The van der Waals surface area contributed by atoms with Crippen LogP contribution < -0.4 is 4.74 Å². The van der Waals surface area contributed by atoms with Crippen LogP contribution in [0.15, 0.2) is 6.20 Å². The van der Waals surface area contributed by atoms with Gasteiger partial charge < -0.3 is 4.74 Å². The van der Waals surface area contributed by atoms with E-state index in [2.05, 4.69) is 4.98 Å². The Labute approximate surface area is 79.7 Å². The molecule has 0 radical (unpaired) electrons. The third-order valence-electron chi connectivity index (χ3n) is 1.90. The molecule has 0 saturated heterocycles. The number of hydrogen-bond acceptors (Lipinski definition) is 3. The van der Waals surface area contributed by atoms with E-state index in [9.17, 15) is 13.6 Å². The first-order valence-electron chi connectivity index (χ1n) is 3.88. The fourth-order valence-electron chi connectivity index (χ4n) is 1.22. The lowest BCUT2D eigenvalue weighted by atomic mass is 10.1. The summed E-state index contributed by atoms with van der Waals surface area (Å²) in [5, 5.41) is 0. The van der Waals surface area contributed by atoms with Gasteiger partial charge in [0.15, 0.2) is 6.29 Å². The molecule has 1 heterocycles. The summed E-state index contributed by atoms with van der Waals surface area (Å²) in [7, 11) is 1.34. The van der Waals surface area contributed by atoms with Crippen molar-refractivity contribution in [3.63, 3.8) is 0 Å². The SMILES string of the molecule is COc1ncc(C=O)c(C(F)F)c1C. The fraction of sp³-hybridized carbons (Fsp3) is 0.333. The van der Waals surface area contributed by atoms with E-state index in [1.165, 1.54) is 14.0 Å². The molecule has 0 aromatic carbocycles. The molecule has 1 aromatic heterocycles. The molecule has 5 heteroatoms. The van der Waals surface area contributed by atoms with Crippen molar-refractivity contribution in [2.75, 3.05) is 7.11 Å². The van der Waals surface area contributed by atoms with E-state index in [1.807, 2.05) is 0 Å². The summed E-state index contributed by atoms with van der Waals surface area (Å²) in [6.07, 6.45) is -1.26. The third kappa shape index (κ3) is 1.71. The van der Waals surface area contributed by atoms with Gasteiger partial charge in [-0.2, -0.15) is 0 Å². The van der Waals surface area contributed by atoms with Gasteiger partial charge in [-0.15, -0.1) is 0 Å². The van der Waals surface area contributed by atoms with Gasteiger partial charge in [-0.25, -0.2) is 13.8 Å². The van der Waals surface area contributed by atoms with E-state index >= 15 is 0 Å². The van der Waals surface area contributed by atoms with E-state index in [4.69, 9.17) is 4.74 Å². The number of aldehydes is 1. The summed E-state index contributed by atoms with van der Waals surface area (Å²) in [5.41, 5.74) is -0.211. The molecule has 14 heavy (non-hydrogen) atoms. The zero-order valence-electron chi connectivity index (χ0n) is 7.75. The molecule has 0 aliphatic carbocycles. The topological polar surface area (TPSA) is 39.2 Å². The highest BCUT2D eigenvalue weighted by Crippen LogP contribution is 2.29. The highest BCUT2D eigenvalue weighted by Gasteiger charge is 2.19. The summed E-state index contributed by atoms with van der Waals surface area (Å²) in [4.78, 5) is 14.2. The number of ether oxygens (including phenoxy) is 1. The van der Waals surface area contributed by atoms with Crippen molar-refractivity contribution in [2.45, 2.75) is 13.3 Å². The largest absolute Gasteiger partial charge is 0.481 e. The van der Waals surface area contributed by atoms with Gasteiger partial charge in [0.2, 0.25) is 5.88 Å².